The number of aromatic hydroxyl groups is 1. The third kappa shape index (κ3) is 4.37. The number of benzene rings is 1. The Labute approximate surface area is 137 Å². The molecule has 0 radical (unpaired) electrons. The quantitative estimate of drug-likeness (QED) is 0.894. The maximum Gasteiger partial charge on any atom is 0.317 e. The number of carbonyl (C=O) groups excluding carboxylic acids is 2. The summed E-state index contributed by atoms with van der Waals surface area (Å²) >= 11 is 0. The van der Waals surface area contributed by atoms with E-state index in [0.29, 0.717) is 37.7 Å². The number of carbonyl (C=O) groups is 2. The van der Waals surface area contributed by atoms with E-state index in [0.717, 1.165) is 0 Å². The lowest BCUT2D eigenvalue weighted by Gasteiger charge is -2.35. The van der Waals surface area contributed by atoms with Gasteiger partial charge in [-0.25, -0.2) is 4.79 Å². The summed E-state index contributed by atoms with van der Waals surface area (Å²) in [6, 6.07) is 6.39. The second-order valence-electron chi connectivity index (χ2n) is 6.31. The number of phenols is 1. The fourth-order valence-corrected chi connectivity index (χ4v) is 2.39. The summed E-state index contributed by atoms with van der Waals surface area (Å²) in [5.74, 6) is 0.348. The third-order valence-corrected chi connectivity index (χ3v) is 4.30. The summed E-state index contributed by atoms with van der Waals surface area (Å²) in [6.07, 6.45) is 0. The molecule has 6 heteroatoms. The monoisotopic (exact) mass is 319 g/mol. The molecule has 0 aromatic heterocycles. The molecular formula is C17H25N3O3. The van der Waals surface area contributed by atoms with Crippen molar-refractivity contribution in [2.45, 2.75) is 26.8 Å². The third-order valence-electron chi connectivity index (χ3n) is 4.30. The molecule has 23 heavy (non-hydrogen) atoms. The summed E-state index contributed by atoms with van der Waals surface area (Å²) in [7, 11) is 0. The minimum absolute atomic E-state index is 0.0735. The van der Waals surface area contributed by atoms with Gasteiger partial charge in [-0.15, -0.1) is 0 Å². The Kier molecular flexibility index (Phi) is 5.47. The molecule has 1 fully saturated rings. The molecule has 1 atom stereocenters. The van der Waals surface area contributed by atoms with Gasteiger partial charge in [0.1, 0.15) is 5.75 Å². The van der Waals surface area contributed by atoms with Gasteiger partial charge in [0.2, 0.25) is 0 Å². The van der Waals surface area contributed by atoms with E-state index < -0.39 is 0 Å². The van der Waals surface area contributed by atoms with Crippen LogP contribution < -0.4 is 5.32 Å². The Morgan fingerprint density at radius 1 is 1.09 bits per heavy atom. The molecule has 1 saturated heterocycles. The fourth-order valence-electron chi connectivity index (χ4n) is 2.39. The Bertz CT molecular complexity index is 566. The first kappa shape index (κ1) is 17.1. The van der Waals surface area contributed by atoms with Gasteiger partial charge in [0.25, 0.3) is 5.91 Å². The van der Waals surface area contributed by atoms with E-state index >= 15 is 0 Å². The predicted molar refractivity (Wildman–Crippen MR) is 88.4 cm³/mol. The van der Waals surface area contributed by atoms with Crippen LogP contribution in [0.25, 0.3) is 0 Å². The normalized spacial score (nSPS) is 16.3. The second kappa shape index (κ2) is 7.35. The Balaban J connectivity index is 1.88. The van der Waals surface area contributed by atoms with E-state index in [9.17, 15) is 14.7 Å². The molecule has 126 valence electrons. The highest BCUT2D eigenvalue weighted by Gasteiger charge is 2.25. The molecule has 2 N–H and O–H groups in total. The first-order chi connectivity index (χ1) is 10.9. The van der Waals surface area contributed by atoms with Gasteiger partial charge in [0, 0.05) is 37.8 Å². The topological polar surface area (TPSA) is 72.9 Å². The van der Waals surface area contributed by atoms with E-state index in [1.807, 2.05) is 6.92 Å². The molecular weight excluding hydrogens is 294 g/mol. The lowest BCUT2D eigenvalue weighted by Crippen LogP contribution is -2.54. The number of nitrogens with zero attached hydrogens (tertiary/aromatic N) is 2. The van der Waals surface area contributed by atoms with Crippen molar-refractivity contribution >= 4 is 11.9 Å². The highest BCUT2D eigenvalue weighted by molar-refractivity contribution is 5.94. The molecule has 0 aliphatic carbocycles. The summed E-state index contributed by atoms with van der Waals surface area (Å²) in [6.45, 7) is 8.15. The number of amides is 3. The zero-order chi connectivity index (χ0) is 17.0. The lowest BCUT2D eigenvalue weighted by molar-refractivity contribution is 0.0662. The van der Waals surface area contributed by atoms with Gasteiger partial charge in [0.15, 0.2) is 0 Å². The largest absolute Gasteiger partial charge is 0.508 e. The minimum atomic E-state index is -0.114. The van der Waals surface area contributed by atoms with Crippen molar-refractivity contribution in [2.75, 3.05) is 26.2 Å². The van der Waals surface area contributed by atoms with Crippen LogP contribution in [0.5, 0.6) is 5.75 Å². The molecule has 0 spiro atoms. The number of hydrogen-bond donors (Lipinski definition) is 2. The molecule has 0 saturated carbocycles. The van der Waals surface area contributed by atoms with Crippen LogP contribution in [0.1, 0.15) is 31.1 Å². The van der Waals surface area contributed by atoms with Crippen molar-refractivity contribution < 1.29 is 14.7 Å². The summed E-state index contributed by atoms with van der Waals surface area (Å²) < 4.78 is 0. The minimum Gasteiger partial charge on any atom is -0.508 e. The highest BCUT2D eigenvalue weighted by Crippen LogP contribution is 2.14. The second-order valence-corrected chi connectivity index (χ2v) is 6.31. The summed E-state index contributed by atoms with van der Waals surface area (Å²) in [5.41, 5.74) is 0.469. The van der Waals surface area contributed by atoms with Crippen molar-refractivity contribution in [1.29, 1.82) is 0 Å². The van der Waals surface area contributed by atoms with E-state index in [1.165, 1.54) is 12.1 Å². The maximum atomic E-state index is 12.4. The van der Waals surface area contributed by atoms with Crippen LogP contribution in [0.3, 0.4) is 0 Å². The molecule has 6 nitrogen and oxygen atoms in total. The zero-order valence-electron chi connectivity index (χ0n) is 14.0. The Morgan fingerprint density at radius 2 is 1.70 bits per heavy atom. The van der Waals surface area contributed by atoms with Crippen LogP contribution in [-0.2, 0) is 0 Å². The number of piperazine rings is 1. The van der Waals surface area contributed by atoms with E-state index in [4.69, 9.17) is 0 Å². The molecule has 1 aliphatic rings. The molecule has 3 amide bonds. The van der Waals surface area contributed by atoms with Crippen molar-refractivity contribution in [3.63, 3.8) is 0 Å². The fraction of sp³-hybridized carbons (Fsp3) is 0.529. The summed E-state index contributed by atoms with van der Waals surface area (Å²) in [5, 5.41) is 12.5. The van der Waals surface area contributed by atoms with Crippen molar-refractivity contribution in [1.82, 2.24) is 15.1 Å². The highest BCUT2D eigenvalue weighted by atomic mass is 16.3. The molecule has 1 unspecified atom stereocenters. The standard InChI is InChI=1S/C17H25N3O3/c1-12(2)13(3)18-17(23)20-9-7-19(8-10-20)16(22)14-5-4-6-15(21)11-14/h4-6,11-13,21H,7-10H2,1-3H3,(H,18,23). The van der Waals surface area contributed by atoms with Gasteiger partial charge in [-0.05, 0) is 31.0 Å². The van der Waals surface area contributed by atoms with Crippen LogP contribution in [0.15, 0.2) is 24.3 Å². The Morgan fingerprint density at radius 3 is 2.26 bits per heavy atom. The molecule has 1 heterocycles. The van der Waals surface area contributed by atoms with Gasteiger partial charge < -0.3 is 20.2 Å². The average molecular weight is 319 g/mol. The first-order valence-electron chi connectivity index (χ1n) is 8.02. The molecule has 2 rings (SSSR count). The SMILES string of the molecule is CC(C)C(C)NC(=O)N1CCN(C(=O)c2cccc(O)c2)CC1. The molecule has 1 aliphatic heterocycles. The summed E-state index contributed by atoms with van der Waals surface area (Å²) in [4.78, 5) is 28.0. The van der Waals surface area contributed by atoms with Crippen LogP contribution in [0, 0.1) is 5.92 Å². The number of hydrogen-bond acceptors (Lipinski definition) is 3. The molecule has 0 bridgehead atoms. The van der Waals surface area contributed by atoms with Crippen molar-refractivity contribution in [2.24, 2.45) is 5.92 Å². The van der Waals surface area contributed by atoms with E-state index in [2.05, 4.69) is 19.2 Å². The van der Waals surface area contributed by atoms with Crippen LogP contribution in [0.2, 0.25) is 0 Å². The number of rotatable bonds is 3. The van der Waals surface area contributed by atoms with Gasteiger partial charge in [-0.3, -0.25) is 4.79 Å². The van der Waals surface area contributed by atoms with Gasteiger partial charge in [-0.1, -0.05) is 19.9 Å². The van der Waals surface area contributed by atoms with Gasteiger partial charge in [0.05, 0.1) is 0 Å². The van der Waals surface area contributed by atoms with E-state index in [1.54, 1.807) is 21.9 Å². The maximum absolute atomic E-state index is 12.4. The zero-order valence-corrected chi connectivity index (χ0v) is 14.0. The molecule has 1 aromatic rings. The van der Waals surface area contributed by atoms with Crippen LogP contribution in [-0.4, -0.2) is 59.1 Å². The van der Waals surface area contributed by atoms with Crippen LogP contribution >= 0.6 is 0 Å². The van der Waals surface area contributed by atoms with Gasteiger partial charge >= 0.3 is 6.03 Å². The molecule has 1 aromatic carbocycles. The van der Waals surface area contributed by atoms with Crippen molar-refractivity contribution in [3.05, 3.63) is 29.8 Å². The Hall–Kier alpha value is -2.24. The first-order valence-corrected chi connectivity index (χ1v) is 8.02. The number of phenolic OH excluding ortho intramolecular Hbond substituents is 1. The number of nitrogens with one attached hydrogen (secondary N) is 1. The predicted octanol–water partition coefficient (Wildman–Crippen LogP) is 1.90. The van der Waals surface area contributed by atoms with Crippen molar-refractivity contribution in [3.8, 4) is 5.75 Å². The van der Waals surface area contributed by atoms with Crippen LogP contribution in [0.4, 0.5) is 4.79 Å². The van der Waals surface area contributed by atoms with Gasteiger partial charge in [-0.2, -0.15) is 0 Å². The van der Waals surface area contributed by atoms with E-state index in [-0.39, 0.29) is 23.7 Å². The average Bonchev–Trinajstić information content (AvgIpc) is 2.54. The lowest BCUT2D eigenvalue weighted by atomic mass is 10.1. The smallest absolute Gasteiger partial charge is 0.317 e. The number of urea groups is 1.